The average Bonchev–Trinajstić information content (AvgIpc) is 3.55. The third-order valence-corrected chi connectivity index (χ3v) is 17.3. The molecule has 504 valence electrons. The van der Waals surface area contributed by atoms with E-state index in [1.807, 2.05) is 0 Å². The molecule has 0 saturated carbocycles. The van der Waals surface area contributed by atoms with E-state index in [9.17, 15) is 43.2 Å². The van der Waals surface area contributed by atoms with Crippen molar-refractivity contribution in [2.24, 2.45) is 23.7 Å². The number of carbonyl (C=O) groups is 4. The smallest absolute Gasteiger partial charge is 0.462 e. The molecular formula is C66H128O17P2. The summed E-state index contributed by atoms with van der Waals surface area (Å²) in [6.07, 6.45) is 36.4. The van der Waals surface area contributed by atoms with E-state index in [2.05, 4.69) is 55.4 Å². The minimum absolute atomic E-state index is 0.102. The van der Waals surface area contributed by atoms with Gasteiger partial charge in [-0.3, -0.25) is 37.3 Å². The van der Waals surface area contributed by atoms with Crippen LogP contribution >= 0.6 is 15.6 Å². The Morgan fingerprint density at radius 3 is 0.835 bits per heavy atom. The van der Waals surface area contributed by atoms with E-state index in [-0.39, 0.29) is 25.7 Å². The molecule has 3 N–H and O–H groups in total. The first-order valence-electron chi connectivity index (χ1n) is 34.2. The largest absolute Gasteiger partial charge is 0.472 e. The van der Waals surface area contributed by atoms with E-state index in [1.54, 1.807) is 0 Å². The Kier molecular flexibility index (Phi) is 54.8. The van der Waals surface area contributed by atoms with Gasteiger partial charge in [-0.15, -0.1) is 0 Å². The summed E-state index contributed by atoms with van der Waals surface area (Å²) in [7, 11) is -9.89. The van der Waals surface area contributed by atoms with Gasteiger partial charge in [0, 0.05) is 25.7 Å². The molecule has 0 bridgehead atoms. The highest BCUT2D eigenvalue weighted by atomic mass is 31.2. The maximum Gasteiger partial charge on any atom is 0.472 e. The minimum atomic E-state index is -4.95. The van der Waals surface area contributed by atoms with Gasteiger partial charge in [-0.25, -0.2) is 9.13 Å². The molecule has 0 heterocycles. The summed E-state index contributed by atoms with van der Waals surface area (Å²) >= 11 is 0. The molecule has 0 saturated heterocycles. The minimum Gasteiger partial charge on any atom is -0.462 e. The molecular weight excluding hydrogens is 1130 g/mol. The molecule has 0 fully saturated rings. The van der Waals surface area contributed by atoms with E-state index in [1.165, 1.54) is 116 Å². The number of esters is 4. The third-order valence-electron chi connectivity index (χ3n) is 15.4. The van der Waals surface area contributed by atoms with Gasteiger partial charge >= 0.3 is 39.5 Å². The first-order valence-corrected chi connectivity index (χ1v) is 37.2. The second-order valence-electron chi connectivity index (χ2n) is 25.5. The van der Waals surface area contributed by atoms with Crippen LogP contribution in [-0.4, -0.2) is 96.7 Å². The standard InChI is InChI=1S/C66H128O17P2/c1-9-59(8)45-37-29-24-25-33-41-49-66(71)83-62(53-76-63(68)46-38-30-21-14-12-10-11-13-18-26-34-42-56(2)3)55-81-85(74,75)79-51-60(67)50-78-84(72,73)80-54-61(52-77-64(69)47-39-31-23-17-20-28-36-44-58(6)7)82-65(70)48-40-32-22-16-15-19-27-35-43-57(4)5/h56-62,67H,9-55H2,1-8H3,(H,72,73)(H,74,75)/t59?,60?,61-,62-/m1/s1. The van der Waals surface area contributed by atoms with Crippen LogP contribution in [0.3, 0.4) is 0 Å². The summed E-state index contributed by atoms with van der Waals surface area (Å²) in [5, 5.41) is 10.5. The first-order chi connectivity index (χ1) is 40.6. The number of rotatable bonds is 63. The van der Waals surface area contributed by atoms with Crippen LogP contribution in [-0.2, 0) is 65.4 Å². The normalized spacial score (nSPS) is 14.7. The van der Waals surface area contributed by atoms with Crippen molar-refractivity contribution in [1.82, 2.24) is 0 Å². The maximum absolute atomic E-state index is 13.0. The van der Waals surface area contributed by atoms with Gasteiger partial charge in [0.15, 0.2) is 12.2 Å². The van der Waals surface area contributed by atoms with Gasteiger partial charge in [-0.05, 0) is 49.4 Å². The summed E-state index contributed by atoms with van der Waals surface area (Å²) in [5.41, 5.74) is 0. The van der Waals surface area contributed by atoms with Crippen LogP contribution in [0.4, 0.5) is 0 Å². The van der Waals surface area contributed by atoms with Crippen LogP contribution < -0.4 is 0 Å². The topological polar surface area (TPSA) is 237 Å². The average molecular weight is 1260 g/mol. The molecule has 0 spiro atoms. The lowest BCUT2D eigenvalue weighted by Gasteiger charge is -2.21. The Labute approximate surface area is 517 Å². The third kappa shape index (κ3) is 59.5. The summed E-state index contributed by atoms with van der Waals surface area (Å²) < 4.78 is 68.1. The van der Waals surface area contributed by atoms with E-state index >= 15 is 0 Å². The molecule has 0 radical (unpaired) electrons. The van der Waals surface area contributed by atoms with E-state index in [4.69, 9.17) is 37.0 Å². The number of aliphatic hydroxyl groups excluding tert-OH is 1. The van der Waals surface area contributed by atoms with Crippen molar-refractivity contribution >= 4 is 39.5 Å². The Morgan fingerprint density at radius 2 is 0.565 bits per heavy atom. The Hall–Kier alpha value is -1.94. The quantitative estimate of drug-likeness (QED) is 0.0222. The van der Waals surface area contributed by atoms with Crippen molar-refractivity contribution in [2.75, 3.05) is 39.6 Å². The highest BCUT2D eigenvalue weighted by Crippen LogP contribution is 2.45. The highest BCUT2D eigenvalue weighted by molar-refractivity contribution is 7.47. The maximum atomic E-state index is 13.0. The summed E-state index contributed by atoms with van der Waals surface area (Å²) in [6.45, 7) is 14.0. The fourth-order valence-corrected chi connectivity index (χ4v) is 11.3. The van der Waals surface area contributed by atoms with E-state index in [0.29, 0.717) is 31.6 Å². The lowest BCUT2D eigenvalue weighted by atomic mass is 10.00. The number of phosphoric acid groups is 2. The zero-order valence-corrected chi connectivity index (χ0v) is 57.0. The number of carbonyl (C=O) groups excluding carboxylic acids is 4. The van der Waals surface area contributed by atoms with Crippen molar-refractivity contribution in [3.63, 3.8) is 0 Å². The molecule has 4 unspecified atom stereocenters. The molecule has 0 aliphatic carbocycles. The van der Waals surface area contributed by atoms with Gasteiger partial charge in [-0.1, -0.05) is 267 Å². The molecule has 0 aromatic carbocycles. The van der Waals surface area contributed by atoms with Crippen molar-refractivity contribution in [2.45, 2.75) is 337 Å². The molecule has 19 heteroatoms. The molecule has 0 aliphatic heterocycles. The fourth-order valence-electron chi connectivity index (χ4n) is 9.75. The van der Waals surface area contributed by atoms with Gasteiger partial charge in [-0.2, -0.15) is 0 Å². The van der Waals surface area contributed by atoms with E-state index in [0.717, 1.165) is 114 Å². The molecule has 0 rings (SSSR count). The van der Waals surface area contributed by atoms with Crippen LogP contribution in [0.15, 0.2) is 0 Å². The molecule has 0 aliphatic rings. The molecule has 0 aromatic heterocycles. The summed E-state index contributed by atoms with van der Waals surface area (Å²) in [6, 6.07) is 0. The van der Waals surface area contributed by atoms with Crippen molar-refractivity contribution < 1.29 is 80.2 Å². The first kappa shape index (κ1) is 83.1. The molecule has 0 aromatic rings. The van der Waals surface area contributed by atoms with Crippen LogP contribution in [0, 0.1) is 23.7 Å². The Balaban J connectivity index is 5.24. The van der Waals surface area contributed by atoms with Crippen LogP contribution in [0.1, 0.15) is 319 Å². The van der Waals surface area contributed by atoms with Crippen LogP contribution in [0.25, 0.3) is 0 Å². The predicted octanol–water partition coefficient (Wildman–Crippen LogP) is 18.1. The van der Waals surface area contributed by atoms with Gasteiger partial charge in [0.25, 0.3) is 0 Å². The number of ether oxygens (including phenoxy) is 4. The zero-order valence-electron chi connectivity index (χ0n) is 55.2. The second-order valence-corrected chi connectivity index (χ2v) is 28.4. The van der Waals surface area contributed by atoms with Crippen molar-refractivity contribution in [3.8, 4) is 0 Å². The van der Waals surface area contributed by atoms with Crippen LogP contribution in [0.5, 0.6) is 0 Å². The lowest BCUT2D eigenvalue weighted by Crippen LogP contribution is -2.30. The highest BCUT2D eigenvalue weighted by Gasteiger charge is 2.30. The van der Waals surface area contributed by atoms with Gasteiger partial charge in [0.05, 0.1) is 26.4 Å². The molecule has 6 atom stereocenters. The Bertz CT molecular complexity index is 1700. The number of unbranched alkanes of at least 4 members (excludes halogenated alkanes) is 28. The lowest BCUT2D eigenvalue weighted by molar-refractivity contribution is -0.161. The fraction of sp³-hybridized carbons (Fsp3) is 0.939. The summed E-state index contributed by atoms with van der Waals surface area (Å²) in [5.74, 6) is 0.775. The summed E-state index contributed by atoms with van der Waals surface area (Å²) in [4.78, 5) is 72.3. The van der Waals surface area contributed by atoms with Crippen LogP contribution in [0.2, 0.25) is 0 Å². The SMILES string of the molecule is CCC(C)CCCCCCCCC(=O)O[C@H](COC(=O)CCCCCCCCCCCCCC(C)C)COP(=O)(O)OCC(O)COP(=O)(O)OC[C@@H](COC(=O)CCCCCCCCCC(C)C)OC(=O)CCCCCCCCCCC(C)C. The van der Waals surface area contributed by atoms with Gasteiger partial charge < -0.3 is 33.8 Å². The van der Waals surface area contributed by atoms with E-state index < -0.39 is 97.5 Å². The molecule has 85 heavy (non-hydrogen) atoms. The monoisotopic (exact) mass is 1250 g/mol. The van der Waals surface area contributed by atoms with Gasteiger partial charge in [0.1, 0.15) is 19.3 Å². The van der Waals surface area contributed by atoms with Crippen molar-refractivity contribution in [3.05, 3.63) is 0 Å². The number of hydrogen-bond donors (Lipinski definition) is 3. The second kappa shape index (κ2) is 56.1. The molecule has 17 nitrogen and oxygen atoms in total. The number of hydrogen-bond acceptors (Lipinski definition) is 15. The zero-order chi connectivity index (χ0) is 63.2. The number of aliphatic hydroxyl groups is 1. The number of phosphoric ester groups is 2. The molecule has 0 amide bonds. The Morgan fingerprint density at radius 1 is 0.329 bits per heavy atom. The van der Waals surface area contributed by atoms with Crippen molar-refractivity contribution in [1.29, 1.82) is 0 Å². The predicted molar refractivity (Wildman–Crippen MR) is 340 cm³/mol. The van der Waals surface area contributed by atoms with Gasteiger partial charge in [0.2, 0.25) is 0 Å².